The number of thioether (sulfide) groups is 1. The van der Waals surface area contributed by atoms with Crippen molar-refractivity contribution in [1.29, 1.82) is 0 Å². The summed E-state index contributed by atoms with van der Waals surface area (Å²) in [5.74, 6) is 1.15. The second kappa shape index (κ2) is 7.31. The molecule has 1 amide bonds. The molecule has 6 nitrogen and oxygen atoms in total. The van der Waals surface area contributed by atoms with Crippen molar-refractivity contribution in [1.82, 2.24) is 19.7 Å². The molecule has 2 aliphatic rings. The number of para-hydroxylation sites is 1. The molecule has 1 aliphatic heterocycles. The van der Waals surface area contributed by atoms with Crippen LogP contribution in [-0.2, 0) is 4.79 Å². The van der Waals surface area contributed by atoms with E-state index in [2.05, 4.69) is 43.9 Å². The van der Waals surface area contributed by atoms with Crippen molar-refractivity contribution < 1.29 is 4.79 Å². The summed E-state index contributed by atoms with van der Waals surface area (Å²) in [6.07, 6.45) is 2.38. The van der Waals surface area contributed by atoms with Gasteiger partial charge in [-0.15, -0.1) is 10.2 Å². The quantitative estimate of drug-likeness (QED) is 0.757. The van der Waals surface area contributed by atoms with Gasteiger partial charge < -0.3 is 14.4 Å². The van der Waals surface area contributed by atoms with Gasteiger partial charge in [-0.3, -0.25) is 4.79 Å². The molecule has 1 saturated heterocycles. The number of carbonyl (C=O) groups excluding carboxylic acids is 1. The fourth-order valence-corrected chi connectivity index (χ4v) is 4.52. The van der Waals surface area contributed by atoms with Gasteiger partial charge >= 0.3 is 0 Å². The minimum absolute atomic E-state index is 0.139. The molecule has 0 radical (unpaired) electrons. The number of aromatic nitrogens is 3. The molecule has 2 heterocycles. The SMILES string of the molecule is Cc1nnc(SC(C)C(=O)N2CCN(c3ccccc3)CC2)n1C1CC1. The van der Waals surface area contributed by atoms with Gasteiger partial charge in [0.2, 0.25) is 5.91 Å². The lowest BCUT2D eigenvalue weighted by molar-refractivity contribution is -0.130. The second-order valence-electron chi connectivity index (χ2n) is 7.04. The van der Waals surface area contributed by atoms with Crippen LogP contribution in [0.2, 0.25) is 0 Å². The van der Waals surface area contributed by atoms with Gasteiger partial charge in [-0.1, -0.05) is 30.0 Å². The molecular weight excluding hydrogens is 346 g/mol. The van der Waals surface area contributed by atoms with Gasteiger partial charge in [0, 0.05) is 37.9 Å². The number of nitrogens with zero attached hydrogens (tertiary/aromatic N) is 5. The summed E-state index contributed by atoms with van der Waals surface area (Å²) in [5, 5.41) is 9.24. The zero-order valence-corrected chi connectivity index (χ0v) is 16.2. The van der Waals surface area contributed by atoms with Crippen molar-refractivity contribution in [2.75, 3.05) is 31.1 Å². The number of carbonyl (C=O) groups is 1. The summed E-state index contributed by atoms with van der Waals surface area (Å²) in [7, 11) is 0. The number of piperazine rings is 1. The summed E-state index contributed by atoms with van der Waals surface area (Å²) in [6, 6.07) is 10.9. The lowest BCUT2D eigenvalue weighted by Crippen LogP contribution is -2.50. The van der Waals surface area contributed by atoms with Gasteiger partial charge in [-0.25, -0.2) is 0 Å². The van der Waals surface area contributed by atoms with Crippen LogP contribution >= 0.6 is 11.8 Å². The number of hydrogen-bond acceptors (Lipinski definition) is 5. The maximum absolute atomic E-state index is 12.9. The zero-order chi connectivity index (χ0) is 18.1. The highest BCUT2D eigenvalue weighted by atomic mass is 32.2. The van der Waals surface area contributed by atoms with Crippen molar-refractivity contribution >= 4 is 23.4 Å². The van der Waals surface area contributed by atoms with Crippen LogP contribution in [0.4, 0.5) is 5.69 Å². The molecule has 1 aromatic heterocycles. The molecule has 7 heteroatoms. The largest absolute Gasteiger partial charge is 0.368 e. The number of amides is 1. The molecule has 1 unspecified atom stereocenters. The molecule has 1 atom stereocenters. The summed E-state index contributed by atoms with van der Waals surface area (Å²) in [4.78, 5) is 17.2. The highest BCUT2D eigenvalue weighted by Crippen LogP contribution is 2.39. The Labute approximate surface area is 158 Å². The third-order valence-corrected chi connectivity index (χ3v) is 6.13. The first kappa shape index (κ1) is 17.4. The van der Waals surface area contributed by atoms with Gasteiger partial charge in [0.05, 0.1) is 5.25 Å². The van der Waals surface area contributed by atoms with Crippen molar-refractivity contribution in [3.8, 4) is 0 Å². The fourth-order valence-electron chi connectivity index (χ4n) is 3.47. The van der Waals surface area contributed by atoms with Crippen LogP contribution in [-0.4, -0.2) is 57.0 Å². The number of anilines is 1. The minimum atomic E-state index is -0.139. The zero-order valence-electron chi connectivity index (χ0n) is 15.3. The predicted molar refractivity (Wildman–Crippen MR) is 104 cm³/mol. The second-order valence-corrected chi connectivity index (χ2v) is 8.35. The number of benzene rings is 1. The van der Waals surface area contributed by atoms with E-state index in [1.807, 2.05) is 24.8 Å². The van der Waals surface area contributed by atoms with Crippen LogP contribution in [0.1, 0.15) is 31.6 Å². The maximum Gasteiger partial charge on any atom is 0.236 e. The monoisotopic (exact) mass is 371 g/mol. The topological polar surface area (TPSA) is 54.3 Å². The first-order valence-corrected chi connectivity index (χ1v) is 10.2. The van der Waals surface area contributed by atoms with Gasteiger partial charge in [0.15, 0.2) is 5.16 Å². The molecule has 0 N–H and O–H groups in total. The van der Waals surface area contributed by atoms with E-state index < -0.39 is 0 Å². The Balaban J connectivity index is 1.35. The standard InChI is InChI=1S/C19H25N5OS/c1-14(26-19-21-20-15(2)24(19)17-8-9-17)18(25)23-12-10-22(11-13-23)16-6-4-3-5-7-16/h3-7,14,17H,8-13H2,1-2H3. The average Bonchev–Trinajstić information content (AvgIpc) is 3.45. The highest BCUT2D eigenvalue weighted by Gasteiger charge is 2.31. The van der Waals surface area contributed by atoms with Gasteiger partial charge in [-0.2, -0.15) is 0 Å². The Hall–Kier alpha value is -2.02. The molecule has 138 valence electrons. The van der Waals surface area contributed by atoms with Crippen LogP contribution in [0, 0.1) is 6.92 Å². The van der Waals surface area contributed by atoms with Crippen molar-refractivity contribution in [3.05, 3.63) is 36.2 Å². The molecule has 4 rings (SSSR count). The molecule has 26 heavy (non-hydrogen) atoms. The average molecular weight is 372 g/mol. The normalized spacial score (nSPS) is 18.8. The Morgan fingerprint density at radius 1 is 1.12 bits per heavy atom. The summed E-state index contributed by atoms with van der Waals surface area (Å²) >= 11 is 1.54. The van der Waals surface area contributed by atoms with Crippen molar-refractivity contribution in [2.45, 2.75) is 43.1 Å². The van der Waals surface area contributed by atoms with Crippen LogP contribution in [0.15, 0.2) is 35.5 Å². The molecule has 1 saturated carbocycles. The molecule has 1 aliphatic carbocycles. The highest BCUT2D eigenvalue weighted by molar-refractivity contribution is 8.00. The van der Waals surface area contributed by atoms with Crippen LogP contribution in [0.3, 0.4) is 0 Å². The summed E-state index contributed by atoms with van der Waals surface area (Å²) in [5.41, 5.74) is 1.23. The molecule has 1 aromatic carbocycles. The third kappa shape index (κ3) is 3.58. The van der Waals surface area contributed by atoms with Crippen LogP contribution < -0.4 is 4.90 Å². The summed E-state index contributed by atoms with van der Waals surface area (Å²) < 4.78 is 2.20. The Morgan fingerprint density at radius 2 is 1.81 bits per heavy atom. The Bertz CT molecular complexity index is 765. The third-order valence-electron chi connectivity index (χ3n) is 5.09. The molecular formula is C19H25N5OS. The molecule has 2 aromatic rings. The van der Waals surface area contributed by atoms with Crippen LogP contribution in [0.5, 0.6) is 0 Å². The van der Waals surface area contributed by atoms with Gasteiger partial charge in [0.1, 0.15) is 5.82 Å². The lowest BCUT2D eigenvalue weighted by atomic mass is 10.2. The molecule has 2 fully saturated rings. The fraction of sp³-hybridized carbons (Fsp3) is 0.526. The first-order chi connectivity index (χ1) is 12.6. The predicted octanol–water partition coefficient (Wildman–Crippen LogP) is 2.75. The van der Waals surface area contributed by atoms with Gasteiger partial charge in [0.25, 0.3) is 0 Å². The van der Waals surface area contributed by atoms with Crippen LogP contribution in [0.25, 0.3) is 0 Å². The van der Waals surface area contributed by atoms with Gasteiger partial charge in [-0.05, 0) is 38.8 Å². The van der Waals surface area contributed by atoms with Crippen molar-refractivity contribution in [2.24, 2.45) is 0 Å². The number of hydrogen-bond donors (Lipinski definition) is 0. The Kier molecular flexibility index (Phi) is 4.89. The van der Waals surface area contributed by atoms with E-state index in [0.29, 0.717) is 6.04 Å². The molecule has 0 spiro atoms. The Morgan fingerprint density at radius 3 is 2.46 bits per heavy atom. The van der Waals surface area contributed by atoms with Crippen molar-refractivity contribution in [3.63, 3.8) is 0 Å². The van der Waals surface area contributed by atoms with E-state index in [1.165, 1.54) is 18.5 Å². The summed E-state index contributed by atoms with van der Waals surface area (Å²) in [6.45, 7) is 7.28. The van der Waals surface area contributed by atoms with E-state index in [0.717, 1.165) is 37.2 Å². The molecule has 0 bridgehead atoms. The smallest absolute Gasteiger partial charge is 0.236 e. The maximum atomic E-state index is 12.9. The van der Waals surface area contributed by atoms with E-state index in [9.17, 15) is 4.79 Å². The van der Waals surface area contributed by atoms with E-state index >= 15 is 0 Å². The lowest BCUT2D eigenvalue weighted by Gasteiger charge is -2.37. The van der Waals surface area contributed by atoms with E-state index in [1.54, 1.807) is 11.8 Å². The first-order valence-electron chi connectivity index (χ1n) is 9.30. The van der Waals surface area contributed by atoms with E-state index in [-0.39, 0.29) is 11.2 Å². The van der Waals surface area contributed by atoms with E-state index in [4.69, 9.17) is 0 Å². The number of aryl methyl sites for hydroxylation is 1. The minimum Gasteiger partial charge on any atom is -0.368 e. The number of rotatable bonds is 5.